The molecule has 0 aromatic heterocycles. The summed E-state index contributed by atoms with van der Waals surface area (Å²) in [5.41, 5.74) is 3.90. The van der Waals surface area contributed by atoms with Gasteiger partial charge >= 0.3 is 0 Å². The Hall–Kier alpha value is -0.303. The first-order valence-electron chi connectivity index (χ1n) is 6.49. The molecular weight excluding hydrogens is 208 g/mol. The Morgan fingerprint density at radius 2 is 1.44 bits per heavy atom. The Kier molecular flexibility index (Phi) is 3.59. The minimum absolute atomic E-state index is 0.299. The summed E-state index contributed by atoms with van der Waals surface area (Å²) >= 11 is 0. The second-order valence-corrected chi connectivity index (χ2v) is 10.4. The lowest BCUT2D eigenvalue weighted by molar-refractivity contribution is 0.448. The van der Waals surface area contributed by atoms with E-state index in [4.69, 9.17) is 0 Å². The predicted molar refractivity (Wildman–Crippen MR) is 77.5 cm³/mol. The summed E-state index contributed by atoms with van der Waals surface area (Å²) < 4.78 is 0. The Bertz CT molecular complexity index is 329. The van der Waals surface area contributed by atoms with Crippen LogP contribution in [0.4, 0.5) is 0 Å². The first kappa shape index (κ1) is 13.8. The number of hydrogen-bond acceptors (Lipinski definition) is 0. The van der Waals surface area contributed by atoms with Crippen molar-refractivity contribution < 1.29 is 0 Å². The molecule has 16 heavy (non-hydrogen) atoms. The van der Waals surface area contributed by atoms with E-state index in [1.165, 1.54) is 6.42 Å². The molecule has 0 amide bonds. The third kappa shape index (κ3) is 2.68. The molecule has 92 valence electrons. The molecule has 1 rings (SSSR count). The van der Waals surface area contributed by atoms with Crippen molar-refractivity contribution in [3.05, 3.63) is 22.4 Å². The monoisotopic (exact) mass is 236 g/mol. The standard InChI is InChI=1S/C15H28Si/c1-14(2,3)11-9-10-12(16(7)8)13(11)15(4,5)6/h9,16H,10H2,1-8H3. The average molecular weight is 236 g/mol. The first-order chi connectivity index (χ1) is 7.05. The zero-order valence-corrected chi connectivity index (χ0v) is 13.5. The lowest BCUT2D eigenvalue weighted by atomic mass is 9.74. The van der Waals surface area contributed by atoms with E-state index in [0.29, 0.717) is 10.8 Å². The lowest BCUT2D eigenvalue weighted by Crippen LogP contribution is -2.22. The quantitative estimate of drug-likeness (QED) is 0.577. The van der Waals surface area contributed by atoms with Crippen LogP contribution in [-0.2, 0) is 0 Å². The highest BCUT2D eigenvalue weighted by Crippen LogP contribution is 2.47. The summed E-state index contributed by atoms with van der Waals surface area (Å²) in [7, 11) is -0.663. The fourth-order valence-electron chi connectivity index (χ4n) is 2.68. The maximum Gasteiger partial charge on any atom is 0.0603 e. The maximum atomic E-state index is 2.49. The van der Waals surface area contributed by atoms with Crippen LogP contribution >= 0.6 is 0 Å². The summed E-state index contributed by atoms with van der Waals surface area (Å²) in [6.07, 6.45) is 3.71. The van der Waals surface area contributed by atoms with Crippen LogP contribution in [0.15, 0.2) is 22.4 Å². The van der Waals surface area contributed by atoms with Crippen LogP contribution in [0.25, 0.3) is 0 Å². The summed E-state index contributed by atoms with van der Waals surface area (Å²) in [6.45, 7) is 19.0. The van der Waals surface area contributed by atoms with Crippen molar-refractivity contribution in [2.24, 2.45) is 10.8 Å². The van der Waals surface area contributed by atoms with Crippen LogP contribution in [0.2, 0.25) is 13.1 Å². The van der Waals surface area contributed by atoms with Gasteiger partial charge in [0.25, 0.3) is 0 Å². The molecule has 1 heteroatoms. The van der Waals surface area contributed by atoms with Crippen LogP contribution in [-0.4, -0.2) is 8.80 Å². The van der Waals surface area contributed by atoms with Gasteiger partial charge in [-0.15, -0.1) is 0 Å². The third-order valence-electron chi connectivity index (χ3n) is 3.37. The fraction of sp³-hybridized carbons (Fsp3) is 0.733. The third-order valence-corrected chi connectivity index (χ3v) is 5.29. The van der Waals surface area contributed by atoms with Crippen LogP contribution in [0.1, 0.15) is 48.0 Å². The van der Waals surface area contributed by atoms with E-state index in [1.54, 1.807) is 16.3 Å². The normalized spacial score (nSPS) is 18.4. The Labute approximate surface area is 103 Å². The molecular formula is C15H28Si. The number of hydrogen-bond donors (Lipinski definition) is 0. The minimum atomic E-state index is -0.663. The van der Waals surface area contributed by atoms with Crippen molar-refractivity contribution in [2.75, 3.05) is 0 Å². The van der Waals surface area contributed by atoms with E-state index in [1.807, 2.05) is 0 Å². The molecule has 1 aliphatic carbocycles. The zero-order chi connectivity index (χ0) is 12.7. The van der Waals surface area contributed by atoms with Crippen molar-refractivity contribution in [3.8, 4) is 0 Å². The molecule has 0 heterocycles. The van der Waals surface area contributed by atoms with Crippen molar-refractivity contribution in [2.45, 2.75) is 61.1 Å². The minimum Gasteiger partial charge on any atom is -0.0770 e. The van der Waals surface area contributed by atoms with Crippen molar-refractivity contribution >= 4 is 8.80 Å². The van der Waals surface area contributed by atoms with Crippen molar-refractivity contribution in [1.82, 2.24) is 0 Å². The molecule has 0 aromatic carbocycles. The Morgan fingerprint density at radius 1 is 0.938 bits per heavy atom. The summed E-state index contributed by atoms with van der Waals surface area (Å²) in [5.74, 6) is 0. The highest BCUT2D eigenvalue weighted by molar-refractivity contribution is 6.64. The Morgan fingerprint density at radius 3 is 1.75 bits per heavy atom. The highest BCUT2D eigenvalue weighted by atomic mass is 28.3. The van der Waals surface area contributed by atoms with Gasteiger partial charge in [0, 0.05) is 0 Å². The van der Waals surface area contributed by atoms with Crippen LogP contribution in [0.5, 0.6) is 0 Å². The van der Waals surface area contributed by atoms with E-state index >= 15 is 0 Å². The first-order valence-corrected chi connectivity index (χ1v) is 9.38. The van der Waals surface area contributed by atoms with Gasteiger partial charge in [-0.05, 0) is 28.4 Å². The van der Waals surface area contributed by atoms with Crippen LogP contribution < -0.4 is 0 Å². The lowest BCUT2D eigenvalue weighted by Gasteiger charge is -2.33. The molecule has 0 saturated carbocycles. The van der Waals surface area contributed by atoms with Gasteiger partial charge in [-0.2, -0.15) is 0 Å². The highest BCUT2D eigenvalue weighted by Gasteiger charge is 2.33. The van der Waals surface area contributed by atoms with Gasteiger partial charge < -0.3 is 0 Å². The molecule has 0 unspecified atom stereocenters. The van der Waals surface area contributed by atoms with Gasteiger partial charge in [-0.3, -0.25) is 0 Å². The van der Waals surface area contributed by atoms with Gasteiger partial charge in [0.2, 0.25) is 0 Å². The van der Waals surface area contributed by atoms with Crippen molar-refractivity contribution in [3.63, 3.8) is 0 Å². The molecule has 0 aromatic rings. The smallest absolute Gasteiger partial charge is 0.0603 e. The molecule has 0 aliphatic heterocycles. The topological polar surface area (TPSA) is 0 Å². The van der Waals surface area contributed by atoms with Crippen LogP contribution in [0, 0.1) is 10.8 Å². The number of rotatable bonds is 1. The SMILES string of the molecule is C[SiH](C)C1=C(C(C)(C)C)C(C(C)(C)C)=CC1. The molecule has 1 aliphatic rings. The Balaban J connectivity index is 3.27. The number of allylic oxidation sites excluding steroid dienone is 4. The molecule has 0 atom stereocenters. The molecule has 0 N–H and O–H groups in total. The molecule has 0 radical (unpaired) electrons. The fourth-order valence-corrected chi connectivity index (χ4v) is 4.44. The van der Waals surface area contributed by atoms with Gasteiger partial charge in [-0.25, -0.2) is 0 Å². The second kappa shape index (κ2) is 4.18. The zero-order valence-electron chi connectivity index (χ0n) is 12.4. The van der Waals surface area contributed by atoms with Crippen LogP contribution in [0.3, 0.4) is 0 Å². The van der Waals surface area contributed by atoms with Crippen molar-refractivity contribution in [1.29, 1.82) is 0 Å². The predicted octanol–water partition coefficient (Wildman–Crippen LogP) is 4.73. The summed E-state index contributed by atoms with van der Waals surface area (Å²) in [6, 6.07) is 0. The molecule has 0 fully saturated rings. The van der Waals surface area contributed by atoms with Gasteiger partial charge in [-0.1, -0.05) is 65.9 Å². The second-order valence-electron chi connectivity index (χ2n) is 7.38. The van der Waals surface area contributed by atoms with E-state index in [0.717, 1.165) is 0 Å². The molecule has 0 saturated heterocycles. The maximum absolute atomic E-state index is 2.49. The molecule has 0 bridgehead atoms. The van der Waals surface area contributed by atoms with E-state index < -0.39 is 8.80 Å². The molecule has 0 spiro atoms. The van der Waals surface area contributed by atoms with E-state index in [2.05, 4.69) is 60.7 Å². The van der Waals surface area contributed by atoms with Gasteiger partial charge in [0.1, 0.15) is 0 Å². The largest absolute Gasteiger partial charge is 0.0770 e. The van der Waals surface area contributed by atoms with Gasteiger partial charge in [0.15, 0.2) is 0 Å². The summed E-state index contributed by atoms with van der Waals surface area (Å²) in [4.78, 5) is 0. The average Bonchev–Trinajstić information content (AvgIpc) is 2.43. The van der Waals surface area contributed by atoms with E-state index in [-0.39, 0.29) is 0 Å². The molecule has 0 nitrogen and oxygen atoms in total. The summed E-state index contributed by atoms with van der Waals surface area (Å²) in [5, 5.41) is 1.79. The van der Waals surface area contributed by atoms with Gasteiger partial charge in [0.05, 0.1) is 8.80 Å². The van der Waals surface area contributed by atoms with E-state index in [9.17, 15) is 0 Å².